The predicted molar refractivity (Wildman–Crippen MR) is 118 cm³/mol. The molecule has 1 aliphatic heterocycles. The van der Waals surface area contributed by atoms with Crippen LogP contribution in [0.1, 0.15) is 18.4 Å². The van der Waals surface area contributed by atoms with Crippen LogP contribution in [0.2, 0.25) is 0 Å². The maximum atomic E-state index is 12.6. The first-order chi connectivity index (χ1) is 13.6. The van der Waals surface area contributed by atoms with Gasteiger partial charge in [-0.3, -0.25) is 13.9 Å². The summed E-state index contributed by atoms with van der Waals surface area (Å²) in [5, 5.41) is 2.74. The van der Waals surface area contributed by atoms with Gasteiger partial charge in [0.05, 0.1) is 11.9 Å². The number of carbonyl (C=O) groups is 2. The van der Waals surface area contributed by atoms with Crippen LogP contribution >= 0.6 is 15.9 Å². The predicted octanol–water partition coefficient (Wildman–Crippen LogP) is 3.29. The summed E-state index contributed by atoms with van der Waals surface area (Å²) in [6.45, 7) is 2.20. The molecule has 0 bridgehead atoms. The summed E-state index contributed by atoms with van der Waals surface area (Å²) in [7, 11) is -3.66. The summed E-state index contributed by atoms with van der Waals surface area (Å²) in [6, 6.07) is 12.1. The van der Waals surface area contributed by atoms with Crippen molar-refractivity contribution in [2.75, 3.05) is 33.9 Å². The summed E-state index contributed by atoms with van der Waals surface area (Å²) in [4.78, 5) is 26.4. The molecule has 0 spiro atoms. The summed E-state index contributed by atoms with van der Waals surface area (Å²) in [5.74, 6) is -0.410. The van der Waals surface area contributed by atoms with Crippen molar-refractivity contribution >= 4 is 54.8 Å². The second kappa shape index (κ2) is 8.54. The van der Waals surface area contributed by atoms with E-state index < -0.39 is 15.9 Å². The number of nitrogens with zero attached hydrogens (tertiary/aromatic N) is 2. The van der Waals surface area contributed by atoms with Crippen molar-refractivity contribution in [3.8, 4) is 0 Å². The Morgan fingerprint density at radius 1 is 1.24 bits per heavy atom. The Morgan fingerprint density at radius 2 is 2.00 bits per heavy atom. The Kier molecular flexibility index (Phi) is 6.28. The van der Waals surface area contributed by atoms with E-state index in [-0.39, 0.29) is 12.5 Å². The van der Waals surface area contributed by atoms with Gasteiger partial charge in [-0.15, -0.1) is 0 Å². The van der Waals surface area contributed by atoms with E-state index in [1.807, 2.05) is 13.0 Å². The lowest BCUT2D eigenvalue weighted by Crippen LogP contribution is -2.37. The number of halogens is 1. The molecule has 0 aromatic heterocycles. The molecule has 2 amide bonds. The lowest BCUT2D eigenvalue weighted by Gasteiger charge is -2.23. The SMILES string of the molecule is Cc1ccc(NC(=O)CN(c2cccc(Br)c2)S(C)(=O)=O)cc1N1CCCC1=O. The quantitative estimate of drug-likeness (QED) is 0.688. The molecule has 1 saturated heterocycles. The standard InChI is InChI=1S/C20H22BrN3O4S/c1-14-8-9-16(12-18(14)23-10-4-7-20(23)26)22-19(25)13-24(29(2,27)28)17-6-3-5-15(21)11-17/h3,5-6,8-9,11-12H,4,7,10,13H2,1-2H3,(H,22,25). The molecule has 3 rings (SSSR count). The van der Waals surface area contributed by atoms with Crippen LogP contribution in [0.5, 0.6) is 0 Å². The Balaban J connectivity index is 1.79. The van der Waals surface area contributed by atoms with Crippen LogP contribution in [0.25, 0.3) is 0 Å². The van der Waals surface area contributed by atoms with E-state index in [1.54, 1.807) is 41.3 Å². The molecule has 0 saturated carbocycles. The number of carbonyl (C=O) groups excluding carboxylic acids is 2. The fourth-order valence-corrected chi connectivity index (χ4v) is 4.48. The monoisotopic (exact) mass is 479 g/mol. The van der Waals surface area contributed by atoms with Crippen LogP contribution in [-0.4, -0.2) is 39.6 Å². The third-order valence-corrected chi connectivity index (χ3v) is 6.27. The number of hydrogen-bond acceptors (Lipinski definition) is 4. The maximum absolute atomic E-state index is 12.6. The first kappa shape index (κ1) is 21.3. The average Bonchev–Trinajstić information content (AvgIpc) is 3.06. The molecular weight excluding hydrogens is 458 g/mol. The molecule has 7 nitrogen and oxygen atoms in total. The molecule has 1 N–H and O–H groups in total. The molecule has 154 valence electrons. The van der Waals surface area contributed by atoms with Crippen molar-refractivity contribution in [1.29, 1.82) is 0 Å². The van der Waals surface area contributed by atoms with Gasteiger partial charge in [0.2, 0.25) is 21.8 Å². The van der Waals surface area contributed by atoms with E-state index in [4.69, 9.17) is 0 Å². The summed E-state index contributed by atoms with van der Waals surface area (Å²) in [5.41, 5.74) is 2.60. The van der Waals surface area contributed by atoms with Gasteiger partial charge in [0, 0.05) is 28.8 Å². The number of nitrogens with one attached hydrogen (secondary N) is 1. The summed E-state index contributed by atoms with van der Waals surface area (Å²) >= 11 is 3.31. The van der Waals surface area contributed by atoms with Gasteiger partial charge in [-0.1, -0.05) is 28.1 Å². The van der Waals surface area contributed by atoms with E-state index >= 15 is 0 Å². The van der Waals surface area contributed by atoms with Gasteiger partial charge >= 0.3 is 0 Å². The fourth-order valence-electron chi connectivity index (χ4n) is 3.24. The summed E-state index contributed by atoms with van der Waals surface area (Å²) < 4.78 is 26.2. The molecule has 0 aliphatic carbocycles. The molecule has 2 aromatic carbocycles. The number of hydrogen-bond donors (Lipinski definition) is 1. The van der Waals surface area contributed by atoms with E-state index in [0.29, 0.717) is 28.8 Å². The Labute approximate surface area is 178 Å². The topological polar surface area (TPSA) is 86.8 Å². The molecular formula is C20H22BrN3O4S. The number of benzene rings is 2. The van der Waals surface area contributed by atoms with Gasteiger partial charge in [-0.2, -0.15) is 0 Å². The smallest absolute Gasteiger partial charge is 0.245 e. The van der Waals surface area contributed by atoms with Gasteiger partial charge in [0.25, 0.3) is 0 Å². The maximum Gasteiger partial charge on any atom is 0.245 e. The number of anilines is 3. The van der Waals surface area contributed by atoms with E-state index in [9.17, 15) is 18.0 Å². The van der Waals surface area contributed by atoms with Gasteiger partial charge in [0.15, 0.2) is 0 Å². The number of sulfonamides is 1. The third kappa shape index (κ3) is 5.16. The number of amides is 2. The number of aryl methyl sites for hydroxylation is 1. The molecule has 1 heterocycles. The molecule has 0 atom stereocenters. The van der Waals surface area contributed by atoms with Crippen molar-refractivity contribution in [2.24, 2.45) is 0 Å². The molecule has 0 radical (unpaired) electrons. The van der Waals surface area contributed by atoms with Crippen molar-refractivity contribution in [3.05, 3.63) is 52.5 Å². The molecule has 2 aromatic rings. The normalized spacial score (nSPS) is 14.2. The zero-order valence-electron chi connectivity index (χ0n) is 16.2. The van der Waals surface area contributed by atoms with Crippen LogP contribution in [0, 0.1) is 6.92 Å². The fraction of sp³-hybridized carbons (Fsp3) is 0.300. The minimum atomic E-state index is -3.66. The average molecular weight is 480 g/mol. The van der Waals surface area contributed by atoms with E-state index in [1.165, 1.54) is 0 Å². The van der Waals surface area contributed by atoms with Gasteiger partial charge in [0.1, 0.15) is 6.54 Å². The minimum absolute atomic E-state index is 0.0643. The lowest BCUT2D eigenvalue weighted by molar-refractivity contribution is -0.117. The second-order valence-corrected chi connectivity index (χ2v) is 9.77. The van der Waals surface area contributed by atoms with Gasteiger partial charge in [-0.05, 0) is 49.2 Å². The molecule has 29 heavy (non-hydrogen) atoms. The molecule has 0 unspecified atom stereocenters. The van der Waals surface area contributed by atoms with Crippen LogP contribution in [-0.2, 0) is 19.6 Å². The van der Waals surface area contributed by atoms with E-state index in [2.05, 4.69) is 21.2 Å². The van der Waals surface area contributed by atoms with Crippen LogP contribution < -0.4 is 14.5 Å². The van der Waals surface area contributed by atoms with Gasteiger partial charge in [-0.25, -0.2) is 8.42 Å². The molecule has 9 heteroatoms. The highest BCUT2D eigenvalue weighted by molar-refractivity contribution is 9.10. The largest absolute Gasteiger partial charge is 0.324 e. The van der Waals surface area contributed by atoms with Crippen molar-refractivity contribution in [1.82, 2.24) is 0 Å². The minimum Gasteiger partial charge on any atom is -0.324 e. The number of rotatable bonds is 6. The Morgan fingerprint density at radius 3 is 2.62 bits per heavy atom. The Bertz CT molecular complexity index is 1060. The first-order valence-electron chi connectivity index (χ1n) is 9.09. The van der Waals surface area contributed by atoms with Crippen molar-refractivity contribution in [3.63, 3.8) is 0 Å². The van der Waals surface area contributed by atoms with Gasteiger partial charge < -0.3 is 10.2 Å². The Hall–Kier alpha value is -2.39. The zero-order chi connectivity index (χ0) is 21.2. The first-order valence-corrected chi connectivity index (χ1v) is 11.7. The third-order valence-electron chi connectivity index (χ3n) is 4.64. The highest BCUT2D eigenvalue weighted by Crippen LogP contribution is 2.28. The van der Waals surface area contributed by atoms with Crippen LogP contribution in [0.4, 0.5) is 17.1 Å². The summed E-state index contributed by atoms with van der Waals surface area (Å²) in [6.07, 6.45) is 2.39. The van der Waals surface area contributed by atoms with Crippen LogP contribution in [0.15, 0.2) is 46.9 Å². The highest BCUT2D eigenvalue weighted by atomic mass is 79.9. The highest BCUT2D eigenvalue weighted by Gasteiger charge is 2.24. The second-order valence-electron chi connectivity index (χ2n) is 6.95. The molecule has 1 aliphatic rings. The van der Waals surface area contributed by atoms with E-state index in [0.717, 1.165) is 28.2 Å². The lowest BCUT2D eigenvalue weighted by atomic mass is 10.1. The molecule has 1 fully saturated rings. The van der Waals surface area contributed by atoms with Crippen molar-refractivity contribution < 1.29 is 18.0 Å². The van der Waals surface area contributed by atoms with Crippen molar-refractivity contribution in [2.45, 2.75) is 19.8 Å². The van der Waals surface area contributed by atoms with Crippen LogP contribution in [0.3, 0.4) is 0 Å². The zero-order valence-corrected chi connectivity index (χ0v) is 18.6.